The van der Waals surface area contributed by atoms with Crippen LogP contribution in [0.5, 0.6) is 0 Å². The first-order chi connectivity index (χ1) is 4.33. The van der Waals surface area contributed by atoms with Crippen LogP contribution in [0, 0.1) is 0 Å². The summed E-state index contributed by atoms with van der Waals surface area (Å²) < 4.78 is 0. The van der Waals surface area contributed by atoms with E-state index in [9.17, 15) is 9.59 Å². The average Bonchev–Trinajstić information content (AvgIpc) is 2.17. The molecule has 1 N–H and O–H groups in total. The Morgan fingerprint density at radius 3 is 3.00 bits per heavy atom. The van der Waals surface area contributed by atoms with E-state index in [2.05, 4.69) is 10.3 Å². The van der Waals surface area contributed by atoms with Crippen molar-refractivity contribution in [3.63, 3.8) is 0 Å². The van der Waals surface area contributed by atoms with Crippen molar-refractivity contribution in [2.24, 2.45) is 4.99 Å². The lowest BCUT2D eigenvalue weighted by Crippen LogP contribution is -2.24. The summed E-state index contributed by atoms with van der Waals surface area (Å²) in [7, 11) is 0. The van der Waals surface area contributed by atoms with Gasteiger partial charge in [-0.25, -0.2) is 0 Å². The molecule has 0 aromatic rings. The van der Waals surface area contributed by atoms with Crippen LogP contribution in [-0.2, 0) is 9.59 Å². The first-order valence-corrected chi connectivity index (χ1v) is 2.60. The number of hydrogen-bond acceptors (Lipinski definition) is 3. The van der Waals surface area contributed by atoms with Crippen molar-refractivity contribution in [2.75, 3.05) is 6.54 Å². The van der Waals surface area contributed by atoms with Crippen molar-refractivity contribution in [1.82, 2.24) is 5.32 Å². The van der Waals surface area contributed by atoms with Gasteiger partial charge in [-0.2, -0.15) is 0 Å². The van der Waals surface area contributed by atoms with Crippen LogP contribution < -0.4 is 5.32 Å². The lowest BCUT2D eigenvalue weighted by atomic mass is 10.4. The molecule has 1 rings (SSSR count). The summed E-state index contributed by atoms with van der Waals surface area (Å²) >= 11 is 0. The third kappa shape index (κ3) is 1.35. The van der Waals surface area contributed by atoms with E-state index in [0.29, 0.717) is 12.1 Å². The van der Waals surface area contributed by atoms with Crippen molar-refractivity contribution in [2.45, 2.75) is 6.42 Å². The zero-order valence-corrected chi connectivity index (χ0v) is 4.76. The van der Waals surface area contributed by atoms with Crippen LogP contribution in [0.25, 0.3) is 0 Å². The van der Waals surface area contributed by atoms with E-state index in [-0.39, 0.29) is 18.9 Å². The SMILES string of the molecule is O=CCC1=NCC(=O)N1. The molecule has 0 aromatic heterocycles. The first kappa shape index (κ1) is 5.94. The Morgan fingerprint density at radius 1 is 1.78 bits per heavy atom. The minimum atomic E-state index is -0.133. The summed E-state index contributed by atoms with van der Waals surface area (Å²) in [5.74, 6) is 0.349. The molecular weight excluding hydrogens is 120 g/mol. The number of amides is 1. The van der Waals surface area contributed by atoms with Crippen molar-refractivity contribution < 1.29 is 9.59 Å². The van der Waals surface area contributed by atoms with Crippen LogP contribution in [0.3, 0.4) is 0 Å². The van der Waals surface area contributed by atoms with E-state index in [1.807, 2.05) is 0 Å². The number of carbonyl (C=O) groups is 2. The Morgan fingerprint density at radius 2 is 2.56 bits per heavy atom. The van der Waals surface area contributed by atoms with Gasteiger partial charge >= 0.3 is 0 Å². The molecule has 1 heterocycles. The molecule has 1 amide bonds. The topological polar surface area (TPSA) is 58.5 Å². The van der Waals surface area contributed by atoms with E-state index < -0.39 is 0 Å². The van der Waals surface area contributed by atoms with Gasteiger partial charge in [0.05, 0.1) is 6.42 Å². The van der Waals surface area contributed by atoms with Gasteiger partial charge in [-0.15, -0.1) is 0 Å². The van der Waals surface area contributed by atoms with Crippen molar-refractivity contribution >= 4 is 18.0 Å². The number of aliphatic imine (C=N–C) groups is 1. The van der Waals surface area contributed by atoms with Gasteiger partial charge in [0.25, 0.3) is 0 Å². The number of nitrogens with one attached hydrogen (secondary N) is 1. The molecule has 1 aliphatic heterocycles. The van der Waals surface area contributed by atoms with Gasteiger partial charge in [0, 0.05) is 0 Å². The lowest BCUT2D eigenvalue weighted by Gasteiger charge is -1.90. The van der Waals surface area contributed by atoms with Crippen LogP contribution in [0.4, 0.5) is 0 Å². The monoisotopic (exact) mass is 126 g/mol. The summed E-state index contributed by atoms with van der Waals surface area (Å²) in [6, 6.07) is 0. The van der Waals surface area contributed by atoms with Crippen LogP contribution >= 0.6 is 0 Å². The fraction of sp³-hybridized carbons (Fsp3) is 0.400. The molecule has 0 aromatic carbocycles. The fourth-order valence-corrected chi connectivity index (χ4v) is 0.602. The molecule has 0 saturated carbocycles. The Balaban J connectivity index is 2.44. The Labute approximate surface area is 52.0 Å². The molecule has 0 aliphatic carbocycles. The second kappa shape index (κ2) is 2.39. The number of amidine groups is 1. The van der Waals surface area contributed by atoms with Crippen LogP contribution in [0.1, 0.15) is 6.42 Å². The molecule has 0 saturated heterocycles. The van der Waals surface area contributed by atoms with Gasteiger partial charge in [0.15, 0.2) is 0 Å². The van der Waals surface area contributed by atoms with Crippen LogP contribution in [-0.4, -0.2) is 24.6 Å². The number of hydrogen-bond donors (Lipinski definition) is 1. The molecule has 0 bridgehead atoms. The highest BCUT2D eigenvalue weighted by Crippen LogP contribution is 1.88. The largest absolute Gasteiger partial charge is 0.313 e. The van der Waals surface area contributed by atoms with E-state index in [4.69, 9.17) is 0 Å². The molecule has 4 nitrogen and oxygen atoms in total. The third-order valence-electron chi connectivity index (χ3n) is 0.974. The highest BCUT2D eigenvalue weighted by atomic mass is 16.2. The molecule has 4 heteroatoms. The zero-order valence-electron chi connectivity index (χ0n) is 4.76. The van der Waals surface area contributed by atoms with Crippen LogP contribution in [0.2, 0.25) is 0 Å². The van der Waals surface area contributed by atoms with E-state index in [0.717, 1.165) is 0 Å². The van der Waals surface area contributed by atoms with Gasteiger partial charge in [-0.3, -0.25) is 9.79 Å². The van der Waals surface area contributed by atoms with Gasteiger partial charge in [-0.05, 0) is 0 Å². The molecular formula is C5H6N2O2. The second-order valence-electron chi connectivity index (χ2n) is 1.68. The quantitative estimate of drug-likeness (QED) is 0.487. The molecule has 48 valence electrons. The second-order valence-corrected chi connectivity index (χ2v) is 1.68. The van der Waals surface area contributed by atoms with E-state index in [1.165, 1.54) is 0 Å². The standard InChI is InChI=1S/C5H6N2O2/c8-2-1-4-6-3-5(9)7-4/h2H,1,3H2,(H,6,7,9). The maximum Gasteiger partial charge on any atom is 0.247 e. The zero-order chi connectivity index (χ0) is 6.69. The molecule has 0 atom stereocenters. The minimum Gasteiger partial charge on any atom is -0.313 e. The predicted octanol–water partition coefficient (Wildman–Crippen LogP) is -0.896. The van der Waals surface area contributed by atoms with Gasteiger partial charge in [-0.1, -0.05) is 0 Å². The van der Waals surface area contributed by atoms with Crippen molar-refractivity contribution in [1.29, 1.82) is 0 Å². The lowest BCUT2D eigenvalue weighted by molar-refractivity contribution is -0.117. The molecule has 0 radical (unpaired) electrons. The van der Waals surface area contributed by atoms with Crippen molar-refractivity contribution in [3.8, 4) is 0 Å². The van der Waals surface area contributed by atoms with Gasteiger partial charge < -0.3 is 10.1 Å². The minimum absolute atomic E-state index is 0.133. The summed E-state index contributed by atoms with van der Waals surface area (Å²) in [4.78, 5) is 24.0. The summed E-state index contributed by atoms with van der Waals surface area (Å²) in [6.45, 7) is 0.170. The maximum atomic E-state index is 10.4. The molecule has 0 unspecified atom stereocenters. The summed E-state index contributed by atoms with van der Waals surface area (Å²) in [5.41, 5.74) is 0. The van der Waals surface area contributed by atoms with Gasteiger partial charge in [0.1, 0.15) is 18.7 Å². The fourth-order valence-electron chi connectivity index (χ4n) is 0.602. The molecule has 0 fully saturated rings. The number of carbonyl (C=O) groups excluding carboxylic acids is 2. The van der Waals surface area contributed by atoms with Crippen LogP contribution in [0.15, 0.2) is 4.99 Å². The van der Waals surface area contributed by atoms with E-state index >= 15 is 0 Å². The molecule has 0 spiro atoms. The summed E-state index contributed by atoms with van der Waals surface area (Å²) in [6.07, 6.45) is 0.927. The highest BCUT2D eigenvalue weighted by molar-refractivity contribution is 6.07. The van der Waals surface area contributed by atoms with Crippen molar-refractivity contribution in [3.05, 3.63) is 0 Å². The predicted molar refractivity (Wildman–Crippen MR) is 31.1 cm³/mol. The third-order valence-corrected chi connectivity index (χ3v) is 0.974. The first-order valence-electron chi connectivity index (χ1n) is 2.60. The number of aldehydes is 1. The summed E-state index contributed by atoms with van der Waals surface area (Å²) in [5, 5.41) is 2.43. The highest BCUT2D eigenvalue weighted by Gasteiger charge is 2.10. The Bertz CT molecular complexity index is 174. The normalized spacial score (nSPS) is 16.9. The average molecular weight is 126 g/mol. The maximum absolute atomic E-state index is 10.4. The number of rotatable bonds is 2. The Hall–Kier alpha value is -1.19. The number of nitrogens with zero attached hydrogens (tertiary/aromatic N) is 1. The smallest absolute Gasteiger partial charge is 0.247 e. The Kier molecular flexibility index (Phi) is 1.58. The van der Waals surface area contributed by atoms with E-state index in [1.54, 1.807) is 0 Å². The molecule has 9 heavy (non-hydrogen) atoms. The van der Waals surface area contributed by atoms with Gasteiger partial charge in [0.2, 0.25) is 5.91 Å². The molecule has 1 aliphatic rings.